The monoisotopic (exact) mass is 356 g/mol. The summed E-state index contributed by atoms with van der Waals surface area (Å²) in [4.78, 5) is 13.8. The molecule has 0 bridgehead atoms. The SMILES string of the molecule is CC(C)(C)OC(=O)N1CCCC1C(O)C(N)Cc1cc(F)cc(F)c1. The molecule has 1 saturated heterocycles. The number of carbonyl (C=O) groups is 1. The van der Waals surface area contributed by atoms with Crippen LogP contribution in [0.1, 0.15) is 39.2 Å². The first-order valence-electron chi connectivity index (χ1n) is 8.45. The summed E-state index contributed by atoms with van der Waals surface area (Å²) in [5.41, 5.74) is 5.78. The van der Waals surface area contributed by atoms with Crippen LogP contribution in [0.4, 0.5) is 13.6 Å². The molecule has 3 atom stereocenters. The van der Waals surface area contributed by atoms with Crippen LogP contribution < -0.4 is 5.73 Å². The Bertz CT molecular complexity index is 599. The molecule has 0 aliphatic carbocycles. The number of hydrogen-bond acceptors (Lipinski definition) is 4. The third kappa shape index (κ3) is 5.37. The van der Waals surface area contributed by atoms with E-state index in [-0.39, 0.29) is 6.42 Å². The highest BCUT2D eigenvalue weighted by Gasteiger charge is 2.38. The van der Waals surface area contributed by atoms with Crippen molar-refractivity contribution in [2.45, 2.75) is 63.8 Å². The molecule has 1 aromatic rings. The number of benzene rings is 1. The number of rotatable bonds is 4. The van der Waals surface area contributed by atoms with Crippen molar-refractivity contribution in [2.75, 3.05) is 6.54 Å². The van der Waals surface area contributed by atoms with Gasteiger partial charge in [-0.2, -0.15) is 0 Å². The summed E-state index contributed by atoms with van der Waals surface area (Å²) in [5, 5.41) is 10.6. The summed E-state index contributed by atoms with van der Waals surface area (Å²) in [6, 6.07) is 1.94. The smallest absolute Gasteiger partial charge is 0.410 e. The van der Waals surface area contributed by atoms with E-state index < -0.39 is 41.5 Å². The van der Waals surface area contributed by atoms with Crippen LogP contribution in [0.3, 0.4) is 0 Å². The van der Waals surface area contributed by atoms with Crippen molar-refractivity contribution in [3.05, 3.63) is 35.4 Å². The first kappa shape index (κ1) is 19.6. The van der Waals surface area contributed by atoms with Crippen LogP contribution >= 0.6 is 0 Å². The molecule has 1 amide bonds. The summed E-state index contributed by atoms with van der Waals surface area (Å²) >= 11 is 0. The normalized spacial score (nSPS) is 20.4. The van der Waals surface area contributed by atoms with Crippen LogP contribution in [0.15, 0.2) is 18.2 Å². The standard InChI is InChI=1S/C18H26F2N2O3/c1-18(2,3)25-17(24)22-6-4-5-15(22)16(23)14(21)9-11-7-12(19)10-13(20)8-11/h7-8,10,14-16,23H,4-6,9,21H2,1-3H3. The highest BCUT2D eigenvalue weighted by molar-refractivity contribution is 5.69. The number of hydrogen-bond donors (Lipinski definition) is 2. The van der Waals surface area contributed by atoms with Crippen molar-refractivity contribution >= 4 is 6.09 Å². The summed E-state index contributed by atoms with van der Waals surface area (Å²) < 4.78 is 32.0. The van der Waals surface area contributed by atoms with E-state index in [4.69, 9.17) is 10.5 Å². The van der Waals surface area contributed by atoms with Gasteiger partial charge in [0.05, 0.1) is 12.1 Å². The Morgan fingerprint density at radius 3 is 2.52 bits per heavy atom. The number of aliphatic hydroxyl groups excluding tert-OH is 1. The van der Waals surface area contributed by atoms with Gasteiger partial charge in [-0.1, -0.05) is 0 Å². The number of nitrogens with two attached hydrogens (primary N) is 1. The fourth-order valence-electron chi connectivity index (χ4n) is 3.10. The minimum Gasteiger partial charge on any atom is -0.444 e. The van der Waals surface area contributed by atoms with Crippen molar-refractivity contribution in [3.63, 3.8) is 0 Å². The second-order valence-corrected chi connectivity index (χ2v) is 7.52. The van der Waals surface area contributed by atoms with E-state index in [1.54, 1.807) is 20.8 Å². The molecular weight excluding hydrogens is 330 g/mol. The maximum Gasteiger partial charge on any atom is 0.410 e. The predicted octanol–water partition coefficient (Wildman–Crippen LogP) is 2.60. The topological polar surface area (TPSA) is 75.8 Å². The van der Waals surface area contributed by atoms with Gasteiger partial charge in [0.15, 0.2) is 0 Å². The zero-order valence-electron chi connectivity index (χ0n) is 14.8. The summed E-state index contributed by atoms with van der Waals surface area (Å²) in [6.07, 6.45) is -0.0537. The summed E-state index contributed by atoms with van der Waals surface area (Å²) in [7, 11) is 0. The molecule has 0 spiro atoms. The fourth-order valence-corrected chi connectivity index (χ4v) is 3.10. The molecule has 5 nitrogen and oxygen atoms in total. The van der Waals surface area contributed by atoms with Crippen LogP contribution in [-0.4, -0.2) is 46.4 Å². The van der Waals surface area contributed by atoms with Crippen LogP contribution in [0.5, 0.6) is 0 Å². The molecule has 0 saturated carbocycles. The average molecular weight is 356 g/mol. The second kappa shape index (κ2) is 7.66. The lowest BCUT2D eigenvalue weighted by Gasteiger charge is -2.33. The first-order chi connectivity index (χ1) is 11.6. The van der Waals surface area contributed by atoms with Gasteiger partial charge >= 0.3 is 6.09 Å². The Kier molecular flexibility index (Phi) is 6.00. The van der Waals surface area contributed by atoms with Gasteiger partial charge in [-0.05, 0) is 57.7 Å². The van der Waals surface area contributed by atoms with Gasteiger partial charge < -0.3 is 20.5 Å². The molecular formula is C18H26F2N2O3. The molecule has 0 aromatic heterocycles. The zero-order chi connectivity index (χ0) is 18.8. The Labute approximate surface area is 146 Å². The van der Waals surface area contributed by atoms with Gasteiger partial charge in [-0.3, -0.25) is 0 Å². The second-order valence-electron chi connectivity index (χ2n) is 7.52. The van der Waals surface area contributed by atoms with E-state index in [9.17, 15) is 18.7 Å². The van der Waals surface area contributed by atoms with Gasteiger partial charge in [0.1, 0.15) is 17.2 Å². The highest BCUT2D eigenvalue weighted by Crippen LogP contribution is 2.25. The number of ether oxygens (including phenoxy) is 1. The van der Waals surface area contributed by atoms with E-state index in [0.29, 0.717) is 18.5 Å². The molecule has 25 heavy (non-hydrogen) atoms. The molecule has 2 rings (SSSR count). The van der Waals surface area contributed by atoms with E-state index in [1.807, 2.05) is 0 Å². The third-order valence-electron chi connectivity index (χ3n) is 4.15. The molecule has 7 heteroatoms. The van der Waals surface area contributed by atoms with Crippen LogP contribution in [0.2, 0.25) is 0 Å². The molecule has 1 aliphatic heterocycles. The zero-order valence-corrected chi connectivity index (χ0v) is 14.8. The Morgan fingerprint density at radius 2 is 1.96 bits per heavy atom. The largest absolute Gasteiger partial charge is 0.444 e. The van der Waals surface area contributed by atoms with Gasteiger partial charge in [0.2, 0.25) is 0 Å². The highest BCUT2D eigenvalue weighted by atomic mass is 19.1. The van der Waals surface area contributed by atoms with Gasteiger partial charge in [0.25, 0.3) is 0 Å². The lowest BCUT2D eigenvalue weighted by Crippen LogP contribution is -2.52. The number of amides is 1. The number of halogens is 2. The quantitative estimate of drug-likeness (QED) is 0.869. The lowest BCUT2D eigenvalue weighted by atomic mass is 9.95. The van der Waals surface area contributed by atoms with Crippen molar-refractivity contribution in [1.82, 2.24) is 4.90 Å². The first-order valence-corrected chi connectivity index (χ1v) is 8.45. The summed E-state index contributed by atoms with van der Waals surface area (Å²) in [5.74, 6) is -1.37. The van der Waals surface area contributed by atoms with Crippen LogP contribution in [-0.2, 0) is 11.2 Å². The minimum absolute atomic E-state index is 0.106. The number of likely N-dealkylation sites (tertiary alicyclic amines) is 1. The van der Waals surface area contributed by atoms with Crippen molar-refractivity contribution < 1.29 is 23.4 Å². The summed E-state index contributed by atoms with van der Waals surface area (Å²) in [6.45, 7) is 5.81. The van der Waals surface area contributed by atoms with E-state index in [2.05, 4.69) is 0 Å². The Hall–Kier alpha value is -1.73. The molecule has 3 unspecified atom stereocenters. The molecule has 1 aromatic carbocycles. The molecule has 1 heterocycles. The van der Waals surface area contributed by atoms with Crippen molar-refractivity contribution in [2.24, 2.45) is 5.73 Å². The Balaban J connectivity index is 2.04. The minimum atomic E-state index is -1.01. The van der Waals surface area contributed by atoms with E-state index in [1.165, 1.54) is 17.0 Å². The van der Waals surface area contributed by atoms with Gasteiger partial charge in [-0.25, -0.2) is 13.6 Å². The van der Waals surface area contributed by atoms with Gasteiger partial charge in [-0.15, -0.1) is 0 Å². The molecule has 1 fully saturated rings. The maximum absolute atomic E-state index is 13.3. The van der Waals surface area contributed by atoms with Crippen molar-refractivity contribution in [3.8, 4) is 0 Å². The predicted molar refractivity (Wildman–Crippen MR) is 90.0 cm³/mol. The van der Waals surface area contributed by atoms with Crippen LogP contribution in [0, 0.1) is 11.6 Å². The molecule has 1 aliphatic rings. The maximum atomic E-state index is 13.3. The number of nitrogens with zero attached hydrogens (tertiary/aromatic N) is 1. The van der Waals surface area contributed by atoms with E-state index in [0.717, 1.165) is 12.5 Å². The van der Waals surface area contributed by atoms with E-state index >= 15 is 0 Å². The average Bonchev–Trinajstić information content (AvgIpc) is 2.92. The van der Waals surface area contributed by atoms with Gasteiger partial charge in [0, 0.05) is 18.7 Å². The third-order valence-corrected chi connectivity index (χ3v) is 4.15. The molecule has 140 valence electrons. The fraction of sp³-hybridized carbons (Fsp3) is 0.611. The lowest BCUT2D eigenvalue weighted by molar-refractivity contribution is 0.000865. The Morgan fingerprint density at radius 1 is 1.36 bits per heavy atom. The van der Waals surface area contributed by atoms with Crippen molar-refractivity contribution in [1.29, 1.82) is 0 Å². The molecule has 3 N–H and O–H groups in total. The number of aliphatic hydroxyl groups is 1. The van der Waals surface area contributed by atoms with Crippen LogP contribution in [0.25, 0.3) is 0 Å². The number of carbonyl (C=O) groups excluding carboxylic acids is 1. The molecule has 0 radical (unpaired) electrons.